The lowest BCUT2D eigenvalue weighted by molar-refractivity contribution is 0.0678. The van der Waals surface area contributed by atoms with Gasteiger partial charge in [-0.25, -0.2) is 4.39 Å². The summed E-state index contributed by atoms with van der Waals surface area (Å²) in [5.74, 6) is 0.146. The van der Waals surface area contributed by atoms with Crippen molar-refractivity contribution in [3.05, 3.63) is 34.6 Å². The fraction of sp³-hybridized carbons (Fsp3) is 0.625. The van der Waals surface area contributed by atoms with Crippen molar-refractivity contribution in [1.29, 1.82) is 0 Å². The molecule has 4 heteroatoms. The number of hydrogen-bond donors (Lipinski definition) is 1. The van der Waals surface area contributed by atoms with E-state index < -0.39 is 0 Å². The maximum atomic E-state index is 14.3. The molecule has 0 aliphatic carbocycles. The Labute approximate surface area is 126 Å². The van der Waals surface area contributed by atoms with E-state index in [-0.39, 0.29) is 11.9 Å². The minimum Gasteiger partial charge on any atom is -0.311 e. The van der Waals surface area contributed by atoms with E-state index in [1.807, 2.05) is 6.07 Å². The maximum Gasteiger partial charge on any atom is 0.129 e. The van der Waals surface area contributed by atoms with Gasteiger partial charge in [0.15, 0.2) is 0 Å². The molecule has 1 saturated heterocycles. The van der Waals surface area contributed by atoms with Gasteiger partial charge < -0.3 is 5.32 Å². The average Bonchev–Trinajstić information content (AvgIpc) is 2.36. The van der Waals surface area contributed by atoms with E-state index >= 15 is 0 Å². The highest BCUT2D eigenvalue weighted by Gasteiger charge is 2.32. The van der Waals surface area contributed by atoms with Crippen molar-refractivity contribution in [1.82, 2.24) is 10.2 Å². The van der Waals surface area contributed by atoms with E-state index in [0.29, 0.717) is 23.0 Å². The van der Waals surface area contributed by atoms with Crippen molar-refractivity contribution in [3.63, 3.8) is 0 Å². The first-order valence-electron chi connectivity index (χ1n) is 7.34. The molecule has 1 aliphatic rings. The Bertz CT molecular complexity index is 464. The number of halogens is 2. The van der Waals surface area contributed by atoms with Crippen LogP contribution >= 0.6 is 11.6 Å². The van der Waals surface area contributed by atoms with Gasteiger partial charge in [-0.15, -0.1) is 0 Å². The highest BCUT2D eigenvalue weighted by Crippen LogP contribution is 2.33. The summed E-state index contributed by atoms with van der Waals surface area (Å²) in [6.07, 6.45) is 0. The standard InChI is InChI=1S/C16H24ClFN2/c1-10(2)16(14-6-5-13(17)7-15(14)18)20-9-11(3)19-8-12(20)4/h5-7,10-12,16,19H,8-9H2,1-4H3/t11-,12+,16?/m0/s1. The molecule has 0 spiro atoms. The number of hydrogen-bond acceptors (Lipinski definition) is 2. The van der Waals surface area contributed by atoms with Crippen LogP contribution < -0.4 is 5.32 Å². The lowest BCUT2D eigenvalue weighted by atomic mass is 9.91. The van der Waals surface area contributed by atoms with Crippen LogP contribution in [0.3, 0.4) is 0 Å². The third-order valence-electron chi connectivity index (χ3n) is 4.08. The van der Waals surface area contributed by atoms with Crippen LogP contribution in [0, 0.1) is 11.7 Å². The SMILES string of the molecule is CC(C)C(c1ccc(Cl)cc1F)N1C[C@H](C)NC[C@H]1C. The Hall–Kier alpha value is -0.640. The summed E-state index contributed by atoms with van der Waals surface area (Å²) >= 11 is 5.88. The second kappa shape index (κ2) is 6.42. The van der Waals surface area contributed by atoms with Crippen LogP contribution in [0.25, 0.3) is 0 Å². The Morgan fingerprint density at radius 2 is 2.05 bits per heavy atom. The summed E-state index contributed by atoms with van der Waals surface area (Å²) in [6, 6.07) is 5.96. The van der Waals surface area contributed by atoms with E-state index in [0.717, 1.165) is 18.7 Å². The molecule has 0 amide bonds. The van der Waals surface area contributed by atoms with Crippen molar-refractivity contribution >= 4 is 11.6 Å². The summed E-state index contributed by atoms with van der Waals surface area (Å²) in [7, 11) is 0. The van der Waals surface area contributed by atoms with Crippen molar-refractivity contribution in [2.75, 3.05) is 13.1 Å². The number of rotatable bonds is 3. The Morgan fingerprint density at radius 1 is 1.35 bits per heavy atom. The number of nitrogens with zero attached hydrogens (tertiary/aromatic N) is 1. The van der Waals surface area contributed by atoms with E-state index in [1.165, 1.54) is 6.07 Å². The summed E-state index contributed by atoms with van der Waals surface area (Å²) in [6.45, 7) is 10.6. The van der Waals surface area contributed by atoms with Crippen molar-refractivity contribution in [3.8, 4) is 0 Å². The molecule has 1 unspecified atom stereocenters. The molecule has 0 aromatic heterocycles. The molecule has 2 rings (SSSR count). The molecule has 3 atom stereocenters. The minimum absolute atomic E-state index is 0.0896. The predicted molar refractivity (Wildman–Crippen MR) is 82.6 cm³/mol. The molecule has 1 aliphatic heterocycles. The fourth-order valence-electron chi connectivity index (χ4n) is 3.10. The monoisotopic (exact) mass is 298 g/mol. The first-order chi connectivity index (χ1) is 9.40. The molecular formula is C16H24ClFN2. The quantitative estimate of drug-likeness (QED) is 0.911. The zero-order valence-corrected chi connectivity index (χ0v) is 13.4. The van der Waals surface area contributed by atoms with Crippen LogP contribution in [-0.4, -0.2) is 30.1 Å². The number of benzene rings is 1. The van der Waals surface area contributed by atoms with Gasteiger partial charge in [0.25, 0.3) is 0 Å². The number of piperazine rings is 1. The molecule has 1 fully saturated rings. The maximum absolute atomic E-state index is 14.3. The van der Waals surface area contributed by atoms with E-state index in [9.17, 15) is 4.39 Å². The lowest BCUT2D eigenvalue weighted by Crippen LogP contribution is -2.56. The van der Waals surface area contributed by atoms with Crippen LogP contribution in [0.1, 0.15) is 39.3 Å². The largest absolute Gasteiger partial charge is 0.311 e. The molecule has 20 heavy (non-hydrogen) atoms. The van der Waals surface area contributed by atoms with Gasteiger partial charge >= 0.3 is 0 Å². The van der Waals surface area contributed by atoms with Gasteiger partial charge in [0.05, 0.1) is 0 Å². The molecule has 0 saturated carbocycles. The normalized spacial score (nSPS) is 25.9. The highest BCUT2D eigenvalue weighted by atomic mass is 35.5. The topological polar surface area (TPSA) is 15.3 Å². The highest BCUT2D eigenvalue weighted by molar-refractivity contribution is 6.30. The second-order valence-electron chi connectivity index (χ2n) is 6.21. The predicted octanol–water partition coefficient (Wildman–Crippen LogP) is 3.86. The summed E-state index contributed by atoms with van der Waals surface area (Å²) in [4.78, 5) is 2.41. The first-order valence-corrected chi connectivity index (χ1v) is 7.72. The fourth-order valence-corrected chi connectivity index (χ4v) is 3.26. The Balaban J connectivity index is 2.35. The van der Waals surface area contributed by atoms with E-state index in [4.69, 9.17) is 11.6 Å². The lowest BCUT2D eigenvalue weighted by Gasteiger charge is -2.44. The van der Waals surface area contributed by atoms with E-state index in [2.05, 4.69) is 37.9 Å². The third-order valence-corrected chi connectivity index (χ3v) is 4.32. The molecular weight excluding hydrogens is 275 g/mol. The molecule has 2 nitrogen and oxygen atoms in total. The molecule has 0 bridgehead atoms. The van der Waals surface area contributed by atoms with Crippen molar-refractivity contribution in [2.24, 2.45) is 5.92 Å². The van der Waals surface area contributed by atoms with Crippen LogP contribution in [0.5, 0.6) is 0 Å². The van der Waals surface area contributed by atoms with Gasteiger partial charge in [-0.1, -0.05) is 31.5 Å². The van der Waals surface area contributed by atoms with Crippen molar-refractivity contribution in [2.45, 2.75) is 45.8 Å². The molecule has 1 aromatic carbocycles. The smallest absolute Gasteiger partial charge is 0.129 e. The molecule has 1 heterocycles. The second-order valence-corrected chi connectivity index (χ2v) is 6.65. The van der Waals surface area contributed by atoms with Gasteiger partial charge in [-0.2, -0.15) is 0 Å². The molecule has 112 valence electrons. The van der Waals surface area contributed by atoms with Crippen LogP contribution in [0.15, 0.2) is 18.2 Å². The van der Waals surface area contributed by atoms with Gasteiger partial charge in [0.2, 0.25) is 0 Å². The average molecular weight is 299 g/mol. The molecule has 1 aromatic rings. The van der Waals surface area contributed by atoms with E-state index in [1.54, 1.807) is 6.07 Å². The Morgan fingerprint density at radius 3 is 2.65 bits per heavy atom. The minimum atomic E-state index is -0.199. The Kier molecular flexibility index (Phi) is 5.05. The van der Waals surface area contributed by atoms with Gasteiger partial charge in [-0.05, 0) is 31.9 Å². The zero-order valence-electron chi connectivity index (χ0n) is 12.7. The molecule has 1 N–H and O–H groups in total. The third kappa shape index (κ3) is 3.33. The van der Waals surface area contributed by atoms with Crippen LogP contribution in [0.4, 0.5) is 4.39 Å². The van der Waals surface area contributed by atoms with Crippen LogP contribution in [0.2, 0.25) is 5.02 Å². The van der Waals surface area contributed by atoms with Crippen molar-refractivity contribution < 1.29 is 4.39 Å². The summed E-state index contributed by atoms with van der Waals surface area (Å²) < 4.78 is 14.3. The number of nitrogens with one attached hydrogen (secondary N) is 1. The van der Waals surface area contributed by atoms with Crippen LogP contribution in [-0.2, 0) is 0 Å². The van der Waals surface area contributed by atoms with Gasteiger partial charge in [0, 0.05) is 41.8 Å². The van der Waals surface area contributed by atoms with Gasteiger partial charge in [0.1, 0.15) is 5.82 Å². The first kappa shape index (κ1) is 15.7. The summed E-state index contributed by atoms with van der Waals surface area (Å²) in [5.41, 5.74) is 0.755. The van der Waals surface area contributed by atoms with Gasteiger partial charge in [-0.3, -0.25) is 4.90 Å². The molecule has 0 radical (unpaired) electrons. The zero-order chi connectivity index (χ0) is 14.9. The summed E-state index contributed by atoms with van der Waals surface area (Å²) in [5, 5.41) is 3.93.